The molecule has 0 rings (SSSR count). The average molecular weight is 481 g/mol. The fourth-order valence-electron chi connectivity index (χ4n) is 1.19. The number of hydrogen-bond donors (Lipinski definition) is 1. The maximum Gasteiger partial charge on any atom is 0.346 e. The summed E-state index contributed by atoms with van der Waals surface area (Å²) in [5.74, 6) is -4.00. The van der Waals surface area contributed by atoms with Gasteiger partial charge in [-0.2, -0.15) is 8.78 Å². The summed E-state index contributed by atoms with van der Waals surface area (Å²) in [4.78, 5) is 21.1. The molecule has 156 valence electrons. The minimum Gasteiger partial charge on any atom is -0.387 e. The Labute approximate surface area is 164 Å². The van der Waals surface area contributed by atoms with E-state index in [1.807, 2.05) is 40.8 Å². The molecule has 0 spiro atoms. The first-order valence-corrected chi connectivity index (χ1v) is 15.2. The van der Waals surface area contributed by atoms with E-state index in [1.54, 1.807) is 13.1 Å². The molecule has 0 aromatic rings. The van der Waals surface area contributed by atoms with E-state index in [0.29, 0.717) is 0 Å². The SMILES string of the molecule is CC(C)[Si](C)(C)OOC[C@@H](O)[C@@H](OO[Si](C)(C)C(C)C)C(F)(F)C(=O)Br. The van der Waals surface area contributed by atoms with Crippen molar-refractivity contribution in [2.45, 2.75) is 83.1 Å². The normalized spacial score (nSPS) is 16.2. The Balaban J connectivity index is 5.09. The van der Waals surface area contributed by atoms with Gasteiger partial charge < -0.3 is 5.11 Å². The average Bonchev–Trinajstić information content (AvgIpc) is 2.46. The van der Waals surface area contributed by atoms with Crippen LogP contribution in [-0.2, 0) is 23.7 Å². The number of aliphatic hydroxyl groups is 1. The van der Waals surface area contributed by atoms with Crippen LogP contribution in [0.15, 0.2) is 0 Å². The fourth-order valence-corrected chi connectivity index (χ4v) is 2.52. The number of carbonyl (C=O) groups is 1. The van der Waals surface area contributed by atoms with Gasteiger partial charge in [-0.1, -0.05) is 27.7 Å². The van der Waals surface area contributed by atoms with E-state index in [-0.39, 0.29) is 11.1 Å². The summed E-state index contributed by atoms with van der Waals surface area (Å²) in [6.07, 6.45) is -4.06. The summed E-state index contributed by atoms with van der Waals surface area (Å²) in [5, 5.41) is 10.1. The van der Waals surface area contributed by atoms with Crippen molar-refractivity contribution >= 4 is 37.3 Å². The summed E-state index contributed by atoms with van der Waals surface area (Å²) in [7, 11) is -4.61. The number of hydrogen-bond acceptors (Lipinski definition) is 6. The second kappa shape index (κ2) is 10.1. The molecule has 6 nitrogen and oxygen atoms in total. The predicted octanol–water partition coefficient (Wildman–Crippen LogP) is 4.40. The molecule has 0 aliphatic carbocycles. The molecule has 0 radical (unpaired) electrons. The largest absolute Gasteiger partial charge is 0.387 e. The molecular weight excluding hydrogens is 450 g/mol. The Morgan fingerprint density at radius 3 is 1.85 bits per heavy atom. The molecule has 0 aromatic heterocycles. The van der Waals surface area contributed by atoms with Gasteiger partial charge in [-0.05, 0) is 53.2 Å². The van der Waals surface area contributed by atoms with Gasteiger partial charge in [-0.3, -0.25) is 13.9 Å². The zero-order valence-corrected chi connectivity index (χ0v) is 20.2. The number of rotatable bonds is 12. The van der Waals surface area contributed by atoms with Gasteiger partial charge in [0.1, 0.15) is 12.7 Å². The van der Waals surface area contributed by atoms with Crippen LogP contribution in [0.1, 0.15) is 27.7 Å². The Morgan fingerprint density at radius 1 is 1.04 bits per heavy atom. The second-order valence-corrected chi connectivity index (χ2v) is 17.7. The van der Waals surface area contributed by atoms with Crippen molar-refractivity contribution in [1.82, 2.24) is 0 Å². The summed E-state index contributed by atoms with van der Waals surface area (Å²) in [6, 6.07) is 0. The molecule has 1 N–H and O–H groups in total. The third-order valence-corrected chi connectivity index (χ3v) is 11.8. The molecule has 0 heterocycles. The van der Waals surface area contributed by atoms with Gasteiger partial charge in [0.2, 0.25) is 16.6 Å². The van der Waals surface area contributed by atoms with Gasteiger partial charge >= 0.3 is 5.92 Å². The van der Waals surface area contributed by atoms with Crippen LogP contribution >= 0.6 is 15.9 Å². The van der Waals surface area contributed by atoms with Gasteiger partial charge in [0.05, 0.1) is 0 Å². The molecule has 0 unspecified atom stereocenters. The second-order valence-electron chi connectivity index (χ2n) is 7.95. The van der Waals surface area contributed by atoms with Crippen molar-refractivity contribution in [3.63, 3.8) is 0 Å². The quantitative estimate of drug-likeness (QED) is 0.193. The van der Waals surface area contributed by atoms with E-state index in [9.17, 15) is 18.7 Å². The highest BCUT2D eigenvalue weighted by Crippen LogP contribution is 2.31. The third kappa shape index (κ3) is 7.70. The van der Waals surface area contributed by atoms with E-state index in [4.69, 9.17) is 18.9 Å². The lowest BCUT2D eigenvalue weighted by Crippen LogP contribution is -2.52. The minimum atomic E-state index is -4.00. The fraction of sp³-hybridized carbons (Fsp3) is 0.933. The highest BCUT2D eigenvalue weighted by atomic mass is 79.9. The smallest absolute Gasteiger partial charge is 0.346 e. The van der Waals surface area contributed by atoms with Gasteiger partial charge in [-0.15, -0.1) is 0 Å². The first-order chi connectivity index (χ1) is 11.6. The zero-order valence-electron chi connectivity index (χ0n) is 16.6. The van der Waals surface area contributed by atoms with Crippen molar-refractivity contribution in [3.05, 3.63) is 0 Å². The molecule has 11 heteroatoms. The van der Waals surface area contributed by atoms with Crippen molar-refractivity contribution in [1.29, 1.82) is 0 Å². The molecule has 0 aromatic carbocycles. The van der Waals surface area contributed by atoms with E-state index in [0.717, 1.165) is 0 Å². The van der Waals surface area contributed by atoms with E-state index in [2.05, 4.69) is 15.9 Å². The summed E-state index contributed by atoms with van der Waals surface area (Å²) in [6.45, 7) is 14.5. The number of alkyl halides is 2. The summed E-state index contributed by atoms with van der Waals surface area (Å²) in [5.41, 5.74) is 0.296. The molecule has 26 heavy (non-hydrogen) atoms. The van der Waals surface area contributed by atoms with Crippen molar-refractivity contribution in [2.24, 2.45) is 0 Å². The van der Waals surface area contributed by atoms with Crippen molar-refractivity contribution < 1.29 is 37.6 Å². The maximum absolute atomic E-state index is 14.2. The van der Waals surface area contributed by atoms with Crippen LogP contribution in [0, 0.1) is 0 Å². The Kier molecular flexibility index (Phi) is 10.2. The number of halogens is 3. The molecule has 0 aliphatic rings. The molecule has 0 amide bonds. The van der Waals surface area contributed by atoms with Gasteiger partial charge in [0, 0.05) is 0 Å². The number of carbonyl (C=O) groups excluding carboxylic acids is 1. The van der Waals surface area contributed by atoms with Gasteiger partial charge in [0.15, 0.2) is 6.10 Å². The molecule has 0 bridgehead atoms. The topological polar surface area (TPSA) is 74.2 Å². The highest BCUT2D eigenvalue weighted by Gasteiger charge is 2.52. The lowest BCUT2D eigenvalue weighted by Gasteiger charge is -2.32. The standard InChI is InChI=1S/C15H31BrF2O6Si2/c1-10(2)25(5,6)23-21-9-12(19)13(15(17,18)14(16)20)22-24-26(7,8)11(3)4/h10-13,19H,9H2,1-8H3/t12-,13-/m1/s1. The molecular formula is C15H31BrF2O6Si2. The van der Waals surface area contributed by atoms with Crippen molar-refractivity contribution in [2.75, 3.05) is 6.61 Å². The molecule has 0 fully saturated rings. The molecule has 0 aliphatic heterocycles. The summed E-state index contributed by atoms with van der Waals surface area (Å²) < 4.78 is 37.3. The van der Waals surface area contributed by atoms with Crippen LogP contribution < -0.4 is 0 Å². The first-order valence-electron chi connectivity index (χ1n) is 8.46. The van der Waals surface area contributed by atoms with Crippen LogP contribution in [0.2, 0.25) is 37.3 Å². The molecule has 0 saturated carbocycles. The highest BCUT2D eigenvalue weighted by molar-refractivity contribution is 9.18. The van der Waals surface area contributed by atoms with Gasteiger partial charge in [-0.25, -0.2) is 9.78 Å². The zero-order chi connectivity index (χ0) is 20.9. The Morgan fingerprint density at radius 2 is 1.46 bits per heavy atom. The van der Waals surface area contributed by atoms with E-state index in [1.165, 1.54) is 0 Å². The monoisotopic (exact) mass is 480 g/mol. The maximum atomic E-state index is 14.2. The number of aliphatic hydroxyl groups excluding tert-OH is 1. The van der Waals surface area contributed by atoms with E-state index >= 15 is 0 Å². The first kappa shape index (κ1) is 26.2. The minimum absolute atomic E-state index is 0.0750. The lowest BCUT2D eigenvalue weighted by atomic mass is 10.1. The molecule has 0 saturated heterocycles. The van der Waals surface area contributed by atoms with E-state index < -0.39 is 46.1 Å². The van der Waals surface area contributed by atoms with Crippen LogP contribution in [-0.4, -0.2) is 51.2 Å². The van der Waals surface area contributed by atoms with Crippen LogP contribution in [0.25, 0.3) is 0 Å². The predicted molar refractivity (Wildman–Crippen MR) is 103 cm³/mol. The third-order valence-electron chi connectivity index (χ3n) is 4.63. The lowest BCUT2D eigenvalue weighted by molar-refractivity contribution is -0.331. The van der Waals surface area contributed by atoms with Crippen LogP contribution in [0.5, 0.6) is 0 Å². The Bertz CT molecular complexity index is 463. The van der Waals surface area contributed by atoms with Crippen LogP contribution in [0.3, 0.4) is 0 Å². The van der Waals surface area contributed by atoms with Crippen molar-refractivity contribution in [3.8, 4) is 0 Å². The molecule has 2 atom stereocenters. The Hall–Kier alpha value is 0.244. The summed E-state index contributed by atoms with van der Waals surface area (Å²) >= 11 is 2.24. The van der Waals surface area contributed by atoms with Gasteiger partial charge in [0.25, 0.3) is 4.69 Å². The van der Waals surface area contributed by atoms with Crippen LogP contribution in [0.4, 0.5) is 8.78 Å².